The predicted molar refractivity (Wildman–Crippen MR) is 239 cm³/mol. The van der Waals surface area contributed by atoms with Gasteiger partial charge in [0.1, 0.15) is 0 Å². The van der Waals surface area contributed by atoms with E-state index >= 15 is 0 Å². The van der Waals surface area contributed by atoms with Crippen LogP contribution in [-0.4, -0.2) is 9.13 Å². The van der Waals surface area contributed by atoms with Crippen LogP contribution in [0.25, 0.3) is 110 Å². The SMILES string of the molecule is c1ccc(-n2c3ccccc3c3ccc(-c4cccc(-n5c6ccccc6c6ccc(-c7ccc8c9ccccc9c9ccccc9c8c7)cc65)c4)cc32)cc1. The molecule has 56 heavy (non-hydrogen) atoms. The van der Waals surface area contributed by atoms with Crippen molar-refractivity contribution in [1.82, 2.24) is 9.13 Å². The Morgan fingerprint density at radius 3 is 1.14 bits per heavy atom. The molecule has 260 valence electrons. The lowest BCUT2D eigenvalue weighted by atomic mass is 9.92. The normalized spacial score (nSPS) is 11.9. The van der Waals surface area contributed by atoms with Crippen LogP contribution in [0.2, 0.25) is 0 Å². The monoisotopic (exact) mass is 710 g/mol. The van der Waals surface area contributed by atoms with Crippen LogP contribution in [0.4, 0.5) is 0 Å². The Kier molecular flexibility index (Phi) is 6.66. The maximum Gasteiger partial charge on any atom is 0.0547 e. The van der Waals surface area contributed by atoms with Gasteiger partial charge in [0.25, 0.3) is 0 Å². The number of aromatic nitrogens is 2. The van der Waals surface area contributed by atoms with Crippen molar-refractivity contribution in [3.05, 3.63) is 206 Å². The average molecular weight is 711 g/mol. The highest BCUT2D eigenvalue weighted by Gasteiger charge is 2.17. The Morgan fingerprint density at radius 1 is 0.196 bits per heavy atom. The topological polar surface area (TPSA) is 9.86 Å². The summed E-state index contributed by atoms with van der Waals surface area (Å²) in [6, 6.07) is 75.8. The van der Waals surface area contributed by atoms with Gasteiger partial charge in [0.15, 0.2) is 0 Å². The zero-order valence-corrected chi connectivity index (χ0v) is 30.5. The number of hydrogen-bond donors (Lipinski definition) is 0. The van der Waals surface area contributed by atoms with Gasteiger partial charge in [0, 0.05) is 32.9 Å². The molecule has 0 spiro atoms. The molecule has 0 aliphatic rings. The first kappa shape index (κ1) is 31.0. The van der Waals surface area contributed by atoms with Crippen molar-refractivity contribution in [2.75, 3.05) is 0 Å². The molecule has 2 heteroatoms. The van der Waals surface area contributed by atoms with Gasteiger partial charge in [0.05, 0.1) is 22.1 Å². The van der Waals surface area contributed by atoms with Crippen molar-refractivity contribution in [2.45, 2.75) is 0 Å². The number of benzene rings is 10. The van der Waals surface area contributed by atoms with Crippen molar-refractivity contribution in [3.8, 4) is 33.6 Å². The minimum atomic E-state index is 1.14. The molecule has 0 amide bonds. The summed E-state index contributed by atoms with van der Waals surface area (Å²) in [6.07, 6.45) is 0. The van der Waals surface area contributed by atoms with Crippen LogP contribution in [0.15, 0.2) is 206 Å². The fourth-order valence-corrected chi connectivity index (χ4v) is 9.35. The van der Waals surface area contributed by atoms with Crippen molar-refractivity contribution >= 4 is 75.9 Å². The second-order valence-electron chi connectivity index (χ2n) is 14.9. The Hall–Kier alpha value is -7.42. The summed E-state index contributed by atoms with van der Waals surface area (Å²) in [5.41, 5.74) is 11.9. The molecule has 0 unspecified atom stereocenters. The van der Waals surface area contributed by atoms with Crippen LogP contribution in [0.5, 0.6) is 0 Å². The van der Waals surface area contributed by atoms with Crippen LogP contribution in [-0.2, 0) is 0 Å². The fourth-order valence-electron chi connectivity index (χ4n) is 9.35. The van der Waals surface area contributed by atoms with E-state index in [1.807, 2.05) is 0 Å². The van der Waals surface area contributed by atoms with E-state index in [4.69, 9.17) is 0 Å². The average Bonchev–Trinajstić information content (AvgIpc) is 3.79. The first-order valence-electron chi connectivity index (χ1n) is 19.3. The molecule has 2 aromatic heterocycles. The van der Waals surface area contributed by atoms with E-state index in [0.29, 0.717) is 0 Å². The van der Waals surface area contributed by atoms with Gasteiger partial charge in [-0.2, -0.15) is 0 Å². The molecular formula is C54H34N2. The summed E-state index contributed by atoms with van der Waals surface area (Å²) in [6.45, 7) is 0. The van der Waals surface area contributed by atoms with Gasteiger partial charge in [-0.25, -0.2) is 0 Å². The first-order chi connectivity index (χ1) is 27.8. The highest BCUT2D eigenvalue weighted by atomic mass is 15.0. The molecule has 0 bridgehead atoms. The van der Waals surface area contributed by atoms with E-state index in [-0.39, 0.29) is 0 Å². The molecule has 2 heterocycles. The Balaban J connectivity index is 1.04. The number of rotatable bonds is 4. The minimum absolute atomic E-state index is 1.14. The van der Waals surface area contributed by atoms with Gasteiger partial charge in [-0.15, -0.1) is 0 Å². The maximum atomic E-state index is 2.45. The summed E-state index contributed by atoms with van der Waals surface area (Å²) in [5, 5.41) is 12.8. The van der Waals surface area contributed by atoms with Crippen LogP contribution in [0, 0.1) is 0 Å². The van der Waals surface area contributed by atoms with Gasteiger partial charge < -0.3 is 9.13 Å². The third-order valence-corrected chi connectivity index (χ3v) is 11.9. The number of fused-ring (bicyclic) bond motifs is 12. The second-order valence-corrected chi connectivity index (χ2v) is 14.9. The third-order valence-electron chi connectivity index (χ3n) is 11.9. The molecule has 0 saturated heterocycles. The molecule has 0 N–H and O–H groups in total. The first-order valence-corrected chi connectivity index (χ1v) is 19.3. The van der Waals surface area contributed by atoms with Crippen LogP contribution < -0.4 is 0 Å². The van der Waals surface area contributed by atoms with Crippen LogP contribution in [0.1, 0.15) is 0 Å². The number of para-hydroxylation sites is 3. The van der Waals surface area contributed by atoms with Crippen molar-refractivity contribution in [2.24, 2.45) is 0 Å². The second kappa shape index (κ2) is 12.0. The highest BCUT2D eigenvalue weighted by molar-refractivity contribution is 6.26. The van der Waals surface area contributed by atoms with Gasteiger partial charge in [-0.1, -0.05) is 152 Å². The standard InChI is InChI=1S/C54H34N2/c1-2-14-39(15-3-1)55-51-23-10-8-21-46(51)48-29-26-37(33-53(48)55)35-13-12-16-40(31-35)56-52-24-11-9-22-47(52)49-30-27-38(34-54(49)56)36-25-28-45-43-19-5-4-17-41(43)42-18-6-7-20-44(42)50(45)32-36/h1-34H. The smallest absolute Gasteiger partial charge is 0.0547 e. The lowest BCUT2D eigenvalue weighted by Gasteiger charge is -2.13. The summed E-state index contributed by atoms with van der Waals surface area (Å²) >= 11 is 0. The quantitative estimate of drug-likeness (QED) is 0.161. The van der Waals surface area contributed by atoms with E-state index in [1.54, 1.807) is 0 Å². The van der Waals surface area contributed by atoms with E-state index in [1.165, 1.54) is 104 Å². The van der Waals surface area contributed by atoms with Crippen molar-refractivity contribution in [3.63, 3.8) is 0 Å². The van der Waals surface area contributed by atoms with Crippen LogP contribution in [0.3, 0.4) is 0 Å². The molecular weight excluding hydrogens is 677 g/mol. The van der Waals surface area contributed by atoms with Gasteiger partial charge in [-0.05, 0) is 109 Å². The van der Waals surface area contributed by atoms with Gasteiger partial charge in [-0.3, -0.25) is 0 Å². The van der Waals surface area contributed by atoms with Crippen molar-refractivity contribution in [1.29, 1.82) is 0 Å². The summed E-state index contributed by atoms with van der Waals surface area (Å²) in [5.74, 6) is 0. The Labute approximate surface area is 323 Å². The fraction of sp³-hybridized carbons (Fsp3) is 0. The molecule has 0 aliphatic carbocycles. The van der Waals surface area contributed by atoms with E-state index in [0.717, 1.165) is 5.69 Å². The molecule has 0 radical (unpaired) electrons. The zero-order valence-electron chi connectivity index (χ0n) is 30.5. The van der Waals surface area contributed by atoms with Crippen LogP contribution >= 0.6 is 0 Å². The minimum Gasteiger partial charge on any atom is -0.309 e. The Bertz CT molecular complexity index is 3490. The molecule has 10 aromatic carbocycles. The molecule has 0 atom stereocenters. The number of nitrogens with zero attached hydrogens (tertiary/aromatic N) is 2. The molecule has 0 aliphatic heterocycles. The lowest BCUT2D eigenvalue weighted by Crippen LogP contribution is -1.95. The summed E-state index contributed by atoms with van der Waals surface area (Å²) < 4.78 is 4.84. The van der Waals surface area contributed by atoms with E-state index in [9.17, 15) is 0 Å². The van der Waals surface area contributed by atoms with Gasteiger partial charge in [0.2, 0.25) is 0 Å². The highest BCUT2D eigenvalue weighted by Crippen LogP contribution is 2.40. The lowest BCUT2D eigenvalue weighted by molar-refractivity contribution is 1.18. The Morgan fingerprint density at radius 2 is 0.571 bits per heavy atom. The summed E-state index contributed by atoms with van der Waals surface area (Å²) in [7, 11) is 0. The predicted octanol–water partition coefficient (Wildman–Crippen LogP) is 14.7. The third kappa shape index (κ3) is 4.57. The van der Waals surface area contributed by atoms with Gasteiger partial charge >= 0.3 is 0 Å². The maximum absolute atomic E-state index is 2.45. The van der Waals surface area contributed by atoms with E-state index in [2.05, 4.69) is 215 Å². The molecule has 2 nitrogen and oxygen atoms in total. The van der Waals surface area contributed by atoms with Crippen molar-refractivity contribution < 1.29 is 0 Å². The molecule has 12 rings (SSSR count). The number of hydrogen-bond acceptors (Lipinski definition) is 0. The largest absolute Gasteiger partial charge is 0.309 e. The molecule has 0 saturated carbocycles. The van der Waals surface area contributed by atoms with E-state index < -0.39 is 0 Å². The zero-order chi connectivity index (χ0) is 36.7. The summed E-state index contributed by atoms with van der Waals surface area (Å²) in [4.78, 5) is 0. The molecule has 12 aromatic rings. The molecule has 0 fully saturated rings.